The fourth-order valence-corrected chi connectivity index (χ4v) is 5.84. The van der Waals surface area contributed by atoms with Gasteiger partial charge in [0.2, 0.25) is 0 Å². The van der Waals surface area contributed by atoms with Crippen molar-refractivity contribution >= 4 is 23.4 Å². The molecule has 0 aromatic heterocycles. The largest absolute Gasteiger partial charge is 0.481 e. The van der Waals surface area contributed by atoms with Crippen LogP contribution in [0.1, 0.15) is 98.9 Å². The van der Waals surface area contributed by atoms with E-state index in [1.165, 1.54) is 6.42 Å². The van der Waals surface area contributed by atoms with Gasteiger partial charge >= 0.3 is 5.97 Å². The van der Waals surface area contributed by atoms with E-state index < -0.39 is 12.1 Å². The van der Waals surface area contributed by atoms with Gasteiger partial charge in [0.15, 0.2) is 5.78 Å². The maximum atomic E-state index is 12.8. The number of aliphatic hydroxyl groups excluding tert-OH is 1. The van der Waals surface area contributed by atoms with Gasteiger partial charge < -0.3 is 10.2 Å². The fourth-order valence-electron chi connectivity index (χ4n) is 5.37. The van der Waals surface area contributed by atoms with Crippen molar-refractivity contribution in [1.82, 2.24) is 0 Å². The van der Waals surface area contributed by atoms with E-state index in [0.29, 0.717) is 12.8 Å². The number of carboxylic acid groups (broad SMARTS) is 1. The smallest absolute Gasteiger partial charge is 0.303 e. The Labute approximate surface area is 185 Å². The van der Waals surface area contributed by atoms with E-state index in [1.54, 1.807) is 0 Å². The number of halogens is 1. The van der Waals surface area contributed by atoms with Crippen LogP contribution in [0.25, 0.3) is 0 Å². The maximum Gasteiger partial charge on any atom is 0.303 e. The molecule has 0 bridgehead atoms. The Morgan fingerprint density at radius 2 is 1.63 bits per heavy atom. The summed E-state index contributed by atoms with van der Waals surface area (Å²) in [5, 5.41) is 19.3. The van der Waals surface area contributed by atoms with Crippen LogP contribution in [-0.4, -0.2) is 33.4 Å². The van der Waals surface area contributed by atoms with Gasteiger partial charge in [0.25, 0.3) is 0 Å². The SMILES string of the molecule is O=C(O)CCCCCCC1C(c2ccc(C(=O)C3CCCCC3)cc2)[C@H](O)C[C@H]1Cl. The third-order valence-corrected chi connectivity index (χ3v) is 7.54. The van der Waals surface area contributed by atoms with Crippen molar-refractivity contribution in [3.8, 4) is 0 Å². The zero-order chi connectivity index (χ0) is 21.5. The first-order valence-electron chi connectivity index (χ1n) is 11.7. The molecule has 1 aromatic carbocycles. The van der Waals surface area contributed by atoms with Crippen LogP contribution in [-0.2, 0) is 4.79 Å². The normalized spacial score (nSPS) is 27.3. The van der Waals surface area contributed by atoms with Crippen LogP contribution in [0.2, 0.25) is 0 Å². The van der Waals surface area contributed by atoms with Crippen molar-refractivity contribution in [1.29, 1.82) is 0 Å². The van der Waals surface area contributed by atoms with Gasteiger partial charge in [-0.3, -0.25) is 9.59 Å². The number of carboxylic acids is 1. The number of aliphatic hydroxyl groups is 1. The number of carbonyl (C=O) groups is 2. The molecule has 2 fully saturated rings. The molecule has 166 valence electrons. The number of hydrogen-bond donors (Lipinski definition) is 2. The molecule has 0 radical (unpaired) electrons. The summed E-state index contributed by atoms with van der Waals surface area (Å²) < 4.78 is 0. The molecule has 1 aromatic rings. The molecule has 0 heterocycles. The summed E-state index contributed by atoms with van der Waals surface area (Å²) in [6.45, 7) is 0. The van der Waals surface area contributed by atoms with E-state index in [1.807, 2.05) is 24.3 Å². The van der Waals surface area contributed by atoms with Crippen molar-refractivity contribution in [2.45, 2.75) is 94.4 Å². The number of hydrogen-bond acceptors (Lipinski definition) is 3. The van der Waals surface area contributed by atoms with Crippen molar-refractivity contribution in [2.24, 2.45) is 11.8 Å². The molecule has 2 aliphatic carbocycles. The third-order valence-electron chi connectivity index (χ3n) is 7.04. The van der Waals surface area contributed by atoms with Crippen LogP contribution >= 0.6 is 11.6 Å². The molecule has 0 aliphatic heterocycles. The van der Waals surface area contributed by atoms with Crippen LogP contribution in [0, 0.1) is 11.8 Å². The highest BCUT2D eigenvalue weighted by atomic mass is 35.5. The zero-order valence-electron chi connectivity index (χ0n) is 17.8. The Morgan fingerprint density at radius 3 is 2.30 bits per heavy atom. The molecule has 5 heteroatoms. The molecule has 4 atom stereocenters. The van der Waals surface area contributed by atoms with E-state index in [-0.39, 0.29) is 35.3 Å². The Balaban J connectivity index is 1.57. The number of ketones is 1. The highest BCUT2D eigenvalue weighted by Crippen LogP contribution is 2.45. The number of benzene rings is 1. The average Bonchev–Trinajstić information content (AvgIpc) is 3.03. The fraction of sp³-hybridized carbons (Fsp3) is 0.680. The minimum Gasteiger partial charge on any atom is -0.481 e. The lowest BCUT2D eigenvalue weighted by Gasteiger charge is -2.24. The summed E-state index contributed by atoms with van der Waals surface area (Å²) in [5.74, 6) is -0.0873. The molecular formula is C25H35ClO4. The minimum absolute atomic E-state index is 0.00496. The van der Waals surface area contributed by atoms with E-state index in [2.05, 4.69) is 0 Å². The lowest BCUT2D eigenvalue weighted by atomic mass is 9.82. The number of aliphatic carboxylic acids is 1. The van der Waals surface area contributed by atoms with Crippen LogP contribution in [0.3, 0.4) is 0 Å². The first-order chi connectivity index (χ1) is 14.5. The number of Topliss-reactive ketones (excluding diaryl/α,β-unsaturated/α-hetero) is 1. The number of alkyl halides is 1. The van der Waals surface area contributed by atoms with E-state index in [9.17, 15) is 14.7 Å². The molecule has 0 amide bonds. The van der Waals surface area contributed by atoms with E-state index in [0.717, 1.165) is 62.5 Å². The summed E-state index contributed by atoms with van der Waals surface area (Å²) in [6, 6.07) is 7.89. The number of carbonyl (C=O) groups excluding carboxylic acids is 1. The molecule has 2 aliphatic rings. The molecule has 3 rings (SSSR count). The Bertz CT molecular complexity index is 696. The van der Waals surface area contributed by atoms with Crippen molar-refractivity contribution < 1.29 is 19.8 Å². The van der Waals surface area contributed by atoms with E-state index in [4.69, 9.17) is 16.7 Å². The predicted molar refractivity (Wildman–Crippen MR) is 119 cm³/mol. The van der Waals surface area contributed by atoms with Gasteiger partial charge in [-0.2, -0.15) is 0 Å². The average molecular weight is 435 g/mol. The van der Waals surface area contributed by atoms with Gasteiger partial charge in [0, 0.05) is 29.2 Å². The van der Waals surface area contributed by atoms with Gasteiger partial charge in [-0.15, -0.1) is 11.6 Å². The quantitative estimate of drug-likeness (QED) is 0.271. The summed E-state index contributed by atoms with van der Waals surface area (Å²) in [5.41, 5.74) is 1.86. The number of rotatable bonds is 10. The van der Waals surface area contributed by atoms with Crippen molar-refractivity contribution in [3.63, 3.8) is 0 Å². The van der Waals surface area contributed by atoms with Crippen LogP contribution < -0.4 is 0 Å². The molecular weight excluding hydrogens is 400 g/mol. The summed E-state index contributed by atoms with van der Waals surface area (Å²) >= 11 is 6.59. The predicted octanol–water partition coefficient (Wildman–Crippen LogP) is 5.95. The highest BCUT2D eigenvalue weighted by molar-refractivity contribution is 6.21. The molecule has 0 saturated heterocycles. The lowest BCUT2D eigenvalue weighted by molar-refractivity contribution is -0.137. The number of unbranched alkanes of at least 4 members (excludes halogenated alkanes) is 3. The second-order valence-electron chi connectivity index (χ2n) is 9.18. The second-order valence-corrected chi connectivity index (χ2v) is 9.74. The Morgan fingerprint density at radius 1 is 0.967 bits per heavy atom. The lowest BCUT2D eigenvalue weighted by Crippen LogP contribution is -2.20. The van der Waals surface area contributed by atoms with Crippen molar-refractivity contribution in [2.75, 3.05) is 0 Å². The monoisotopic (exact) mass is 434 g/mol. The van der Waals surface area contributed by atoms with Gasteiger partial charge in [0.1, 0.15) is 0 Å². The molecule has 30 heavy (non-hydrogen) atoms. The Hall–Kier alpha value is -1.39. The molecule has 2 unspecified atom stereocenters. The summed E-state index contributed by atoms with van der Waals surface area (Å²) in [6.07, 6.45) is 10.5. The van der Waals surface area contributed by atoms with Gasteiger partial charge in [-0.1, -0.05) is 62.8 Å². The molecule has 2 N–H and O–H groups in total. The van der Waals surface area contributed by atoms with Crippen LogP contribution in [0.15, 0.2) is 24.3 Å². The first kappa shape index (κ1) is 23.3. The van der Waals surface area contributed by atoms with Gasteiger partial charge in [0.05, 0.1) is 6.10 Å². The standard InChI is InChI=1S/C25H35ClO4/c26-21-16-22(27)24(20(21)10-6-1-2-7-11-23(28)29)17-12-14-19(15-13-17)25(30)18-8-4-3-5-9-18/h12-15,18,20-22,24,27H,1-11,16H2,(H,28,29)/t20?,21-,22-,24?/m1/s1. The van der Waals surface area contributed by atoms with Crippen molar-refractivity contribution in [3.05, 3.63) is 35.4 Å². The van der Waals surface area contributed by atoms with Crippen LogP contribution in [0.4, 0.5) is 0 Å². The van der Waals surface area contributed by atoms with Gasteiger partial charge in [-0.05, 0) is 43.6 Å². The third kappa shape index (κ3) is 6.07. The molecule has 2 saturated carbocycles. The second kappa shape index (κ2) is 11.3. The maximum absolute atomic E-state index is 12.8. The molecule has 0 spiro atoms. The first-order valence-corrected chi connectivity index (χ1v) is 12.1. The topological polar surface area (TPSA) is 74.6 Å². The van der Waals surface area contributed by atoms with Gasteiger partial charge in [-0.25, -0.2) is 0 Å². The summed E-state index contributed by atoms with van der Waals surface area (Å²) in [7, 11) is 0. The van der Waals surface area contributed by atoms with E-state index >= 15 is 0 Å². The zero-order valence-corrected chi connectivity index (χ0v) is 18.5. The highest BCUT2D eigenvalue weighted by Gasteiger charge is 2.41. The molecule has 4 nitrogen and oxygen atoms in total. The summed E-state index contributed by atoms with van der Waals surface area (Å²) in [4.78, 5) is 23.4. The minimum atomic E-state index is -0.736. The Kier molecular flexibility index (Phi) is 8.76. The van der Waals surface area contributed by atoms with Crippen LogP contribution in [0.5, 0.6) is 0 Å².